The van der Waals surface area contributed by atoms with E-state index >= 15 is 0 Å². The second-order valence-electron chi connectivity index (χ2n) is 5.93. The molecule has 0 unspecified atom stereocenters. The highest BCUT2D eigenvalue weighted by Crippen LogP contribution is 2.30. The zero-order valence-electron chi connectivity index (χ0n) is 12.9. The van der Waals surface area contributed by atoms with Crippen molar-refractivity contribution in [2.45, 2.75) is 44.1 Å². The van der Waals surface area contributed by atoms with Crippen LogP contribution < -0.4 is 5.32 Å². The quantitative estimate of drug-likeness (QED) is 0.900. The lowest BCUT2D eigenvalue weighted by atomic mass is 10.1. The minimum Gasteiger partial charge on any atom is -0.392 e. The lowest BCUT2D eigenvalue weighted by molar-refractivity contribution is -0.137. The number of aliphatic hydroxyl groups is 1. The second kappa shape index (κ2) is 6.86. The molecule has 24 heavy (non-hydrogen) atoms. The Bertz CT molecular complexity index is 688. The third-order valence-corrected chi connectivity index (χ3v) is 4.21. The van der Waals surface area contributed by atoms with Gasteiger partial charge in [-0.15, -0.1) is 0 Å². The van der Waals surface area contributed by atoms with Gasteiger partial charge in [0.2, 0.25) is 0 Å². The summed E-state index contributed by atoms with van der Waals surface area (Å²) < 4.78 is 37.8. The summed E-state index contributed by atoms with van der Waals surface area (Å²) in [5, 5.41) is 13.1. The maximum Gasteiger partial charge on any atom is 0.416 e. The molecule has 7 heteroatoms. The molecule has 1 aromatic carbocycles. The van der Waals surface area contributed by atoms with Gasteiger partial charge in [0.25, 0.3) is 0 Å². The van der Waals surface area contributed by atoms with Gasteiger partial charge in [0.05, 0.1) is 17.4 Å². The van der Waals surface area contributed by atoms with Gasteiger partial charge in [0.15, 0.2) is 5.82 Å². The van der Waals surface area contributed by atoms with Crippen molar-refractivity contribution in [1.82, 2.24) is 15.3 Å². The SMILES string of the molecule is O[C@H]1CCC[C@@H]1NCc1ccnc(-c2ccc(C(F)(F)F)cc2)n1. The molecule has 0 amide bonds. The summed E-state index contributed by atoms with van der Waals surface area (Å²) in [4.78, 5) is 8.51. The van der Waals surface area contributed by atoms with Crippen LogP contribution in [0.25, 0.3) is 11.4 Å². The van der Waals surface area contributed by atoms with E-state index in [1.54, 1.807) is 12.3 Å². The number of hydrogen-bond acceptors (Lipinski definition) is 4. The lowest BCUT2D eigenvalue weighted by Gasteiger charge is -2.16. The molecule has 1 heterocycles. The number of nitrogens with one attached hydrogen (secondary N) is 1. The third kappa shape index (κ3) is 3.91. The monoisotopic (exact) mass is 337 g/mol. The van der Waals surface area contributed by atoms with Gasteiger partial charge < -0.3 is 10.4 Å². The summed E-state index contributed by atoms with van der Waals surface area (Å²) in [5.41, 5.74) is 0.573. The molecule has 128 valence electrons. The van der Waals surface area contributed by atoms with Crippen LogP contribution in [0.1, 0.15) is 30.5 Å². The highest BCUT2D eigenvalue weighted by Gasteiger charge is 2.30. The van der Waals surface area contributed by atoms with Gasteiger partial charge in [-0.2, -0.15) is 13.2 Å². The number of rotatable bonds is 4. The molecule has 0 aliphatic heterocycles. The normalized spacial score (nSPS) is 21.2. The first-order valence-electron chi connectivity index (χ1n) is 7.84. The van der Waals surface area contributed by atoms with E-state index in [1.807, 2.05) is 0 Å². The molecule has 1 saturated carbocycles. The average Bonchev–Trinajstić information content (AvgIpc) is 2.98. The van der Waals surface area contributed by atoms with E-state index in [0.29, 0.717) is 17.9 Å². The Morgan fingerprint density at radius 2 is 1.88 bits per heavy atom. The molecule has 2 atom stereocenters. The van der Waals surface area contributed by atoms with E-state index in [2.05, 4.69) is 15.3 Å². The molecule has 0 bridgehead atoms. The predicted octanol–water partition coefficient (Wildman–Crippen LogP) is 3.17. The Kier molecular flexibility index (Phi) is 4.82. The number of halogens is 3. The fraction of sp³-hybridized carbons (Fsp3) is 0.412. The van der Waals surface area contributed by atoms with Gasteiger partial charge >= 0.3 is 6.18 Å². The summed E-state index contributed by atoms with van der Waals surface area (Å²) in [6, 6.07) is 6.61. The first-order chi connectivity index (χ1) is 11.4. The topological polar surface area (TPSA) is 58.0 Å². The number of aromatic nitrogens is 2. The van der Waals surface area contributed by atoms with E-state index in [0.717, 1.165) is 37.1 Å². The number of benzene rings is 1. The van der Waals surface area contributed by atoms with Crippen LogP contribution >= 0.6 is 0 Å². The van der Waals surface area contributed by atoms with Gasteiger partial charge in [-0.05, 0) is 37.5 Å². The first-order valence-corrected chi connectivity index (χ1v) is 7.84. The molecule has 3 rings (SSSR count). The van der Waals surface area contributed by atoms with Crippen molar-refractivity contribution >= 4 is 0 Å². The largest absolute Gasteiger partial charge is 0.416 e. The van der Waals surface area contributed by atoms with Gasteiger partial charge in [0, 0.05) is 24.3 Å². The van der Waals surface area contributed by atoms with Gasteiger partial charge in [-0.1, -0.05) is 12.1 Å². The van der Waals surface area contributed by atoms with E-state index in [4.69, 9.17) is 0 Å². The smallest absolute Gasteiger partial charge is 0.392 e. The van der Waals surface area contributed by atoms with Crippen molar-refractivity contribution < 1.29 is 18.3 Å². The van der Waals surface area contributed by atoms with Gasteiger partial charge in [0.1, 0.15) is 0 Å². The number of nitrogens with zero attached hydrogens (tertiary/aromatic N) is 2. The average molecular weight is 337 g/mol. The maximum absolute atomic E-state index is 12.6. The molecule has 2 aromatic rings. The number of aliphatic hydroxyl groups excluding tert-OH is 1. The van der Waals surface area contributed by atoms with Crippen molar-refractivity contribution in [3.63, 3.8) is 0 Å². The van der Waals surface area contributed by atoms with Crippen molar-refractivity contribution in [2.24, 2.45) is 0 Å². The van der Waals surface area contributed by atoms with Crippen LogP contribution in [0.2, 0.25) is 0 Å². The summed E-state index contributed by atoms with van der Waals surface area (Å²) in [7, 11) is 0. The van der Waals surface area contributed by atoms with Crippen LogP contribution in [-0.2, 0) is 12.7 Å². The second-order valence-corrected chi connectivity index (χ2v) is 5.93. The summed E-state index contributed by atoms with van der Waals surface area (Å²) in [5.74, 6) is 0.384. The standard InChI is InChI=1S/C17H18F3N3O/c18-17(19,20)12-6-4-11(5-7-12)16-21-9-8-13(23-16)10-22-14-2-1-3-15(14)24/h4-9,14-15,22,24H,1-3,10H2/t14-,15-/m0/s1. The molecular weight excluding hydrogens is 319 g/mol. The minimum absolute atomic E-state index is 0.0643. The molecular formula is C17H18F3N3O. The summed E-state index contributed by atoms with van der Waals surface area (Å²) in [6.07, 6.45) is -0.369. The van der Waals surface area contributed by atoms with Crippen molar-refractivity contribution in [3.8, 4) is 11.4 Å². The zero-order chi connectivity index (χ0) is 17.2. The minimum atomic E-state index is -4.35. The highest BCUT2D eigenvalue weighted by atomic mass is 19.4. The van der Waals surface area contributed by atoms with Crippen LogP contribution in [0.3, 0.4) is 0 Å². The summed E-state index contributed by atoms with van der Waals surface area (Å²) >= 11 is 0. The van der Waals surface area contributed by atoms with Crippen LogP contribution in [0.15, 0.2) is 36.5 Å². The first kappa shape index (κ1) is 16.9. The molecule has 1 aliphatic carbocycles. The number of hydrogen-bond donors (Lipinski definition) is 2. The fourth-order valence-corrected chi connectivity index (χ4v) is 2.86. The van der Waals surface area contributed by atoms with E-state index < -0.39 is 11.7 Å². The van der Waals surface area contributed by atoms with E-state index in [9.17, 15) is 18.3 Å². The van der Waals surface area contributed by atoms with Crippen LogP contribution in [-0.4, -0.2) is 27.2 Å². The Labute approximate surface area is 137 Å². The highest BCUT2D eigenvalue weighted by molar-refractivity contribution is 5.55. The van der Waals surface area contributed by atoms with Crippen LogP contribution in [0.4, 0.5) is 13.2 Å². The molecule has 4 nitrogen and oxygen atoms in total. The lowest BCUT2D eigenvalue weighted by Crippen LogP contribution is -2.35. The molecule has 0 radical (unpaired) electrons. The van der Waals surface area contributed by atoms with Crippen LogP contribution in [0.5, 0.6) is 0 Å². The van der Waals surface area contributed by atoms with Gasteiger partial charge in [-0.25, -0.2) is 9.97 Å². The predicted molar refractivity (Wildman–Crippen MR) is 83.0 cm³/mol. The zero-order valence-corrected chi connectivity index (χ0v) is 12.9. The van der Waals surface area contributed by atoms with E-state index in [-0.39, 0.29) is 12.1 Å². The Hall–Kier alpha value is -1.99. The number of alkyl halides is 3. The Balaban J connectivity index is 1.70. The Morgan fingerprint density at radius 1 is 1.12 bits per heavy atom. The van der Waals surface area contributed by atoms with Crippen molar-refractivity contribution in [1.29, 1.82) is 0 Å². The molecule has 0 saturated heterocycles. The molecule has 0 spiro atoms. The maximum atomic E-state index is 12.6. The molecule has 2 N–H and O–H groups in total. The fourth-order valence-electron chi connectivity index (χ4n) is 2.86. The van der Waals surface area contributed by atoms with Crippen molar-refractivity contribution in [2.75, 3.05) is 0 Å². The van der Waals surface area contributed by atoms with E-state index in [1.165, 1.54) is 12.1 Å². The molecule has 1 fully saturated rings. The van der Waals surface area contributed by atoms with Crippen LogP contribution in [0, 0.1) is 0 Å². The molecule has 1 aliphatic rings. The summed E-state index contributed by atoms with van der Waals surface area (Å²) in [6.45, 7) is 0.484. The third-order valence-electron chi connectivity index (χ3n) is 4.21. The van der Waals surface area contributed by atoms with Crippen molar-refractivity contribution in [3.05, 3.63) is 47.8 Å². The molecule has 1 aromatic heterocycles. The van der Waals surface area contributed by atoms with Gasteiger partial charge in [-0.3, -0.25) is 0 Å². The Morgan fingerprint density at radius 3 is 2.50 bits per heavy atom.